The van der Waals surface area contributed by atoms with E-state index < -0.39 is 0 Å². The van der Waals surface area contributed by atoms with Crippen molar-refractivity contribution in [2.24, 2.45) is 7.05 Å². The summed E-state index contributed by atoms with van der Waals surface area (Å²) in [5, 5.41) is 7.36. The average molecular weight is 331 g/mol. The SMILES string of the molecule is C=CC(=O)NCc1ccc(-c2ccc(C)cc2)cc1-c1ccn(C)n1. The van der Waals surface area contributed by atoms with Gasteiger partial charge in [-0.2, -0.15) is 5.10 Å². The second kappa shape index (κ2) is 7.18. The zero-order valence-electron chi connectivity index (χ0n) is 14.5. The quantitative estimate of drug-likeness (QED) is 0.722. The number of carbonyl (C=O) groups excluding carboxylic acids is 1. The Labute approximate surface area is 147 Å². The molecule has 1 amide bonds. The Morgan fingerprint density at radius 1 is 1.16 bits per heavy atom. The van der Waals surface area contributed by atoms with Gasteiger partial charge in [-0.05, 0) is 41.8 Å². The van der Waals surface area contributed by atoms with Crippen molar-refractivity contribution < 1.29 is 4.79 Å². The van der Waals surface area contributed by atoms with Crippen molar-refractivity contribution in [3.05, 3.63) is 78.5 Å². The molecule has 0 aliphatic rings. The van der Waals surface area contributed by atoms with E-state index in [1.807, 2.05) is 25.4 Å². The van der Waals surface area contributed by atoms with Gasteiger partial charge < -0.3 is 5.32 Å². The number of hydrogen-bond donors (Lipinski definition) is 1. The van der Waals surface area contributed by atoms with Gasteiger partial charge in [-0.15, -0.1) is 0 Å². The topological polar surface area (TPSA) is 46.9 Å². The summed E-state index contributed by atoms with van der Waals surface area (Å²) in [4.78, 5) is 11.5. The smallest absolute Gasteiger partial charge is 0.243 e. The molecule has 0 atom stereocenters. The minimum absolute atomic E-state index is 0.186. The van der Waals surface area contributed by atoms with Crippen LogP contribution in [0.2, 0.25) is 0 Å². The molecule has 0 saturated carbocycles. The molecule has 1 aromatic heterocycles. The van der Waals surface area contributed by atoms with E-state index in [0.717, 1.165) is 27.9 Å². The van der Waals surface area contributed by atoms with Crippen molar-refractivity contribution in [3.63, 3.8) is 0 Å². The molecule has 0 unspecified atom stereocenters. The summed E-state index contributed by atoms with van der Waals surface area (Å²) in [6.07, 6.45) is 3.20. The molecule has 0 radical (unpaired) electrons. The molecule has 126 valence electrons. The summed E-state index contributed by atoms with van der Waals surface area (Å²) in [7, 11) is 1.90. The Kier molecular flexibility index (Phi) is 4.80. The second-order valence-electron chi connectivity index (χ2n) is 6.03. The van der Waals surface area contributed by atoms with Gasteiger partial charge in [0.2, 0.25) is 5.91 Å². The molecule has 25 heavy (non-hydrogen) atoms. The molecule has 4 nitrogen and oxygen atoms in total. The molecule has 1 N–H and O–H groups in total. The van der Waals surface area contributed by atoms with Gasteiger partial charge in [-0.3, -0.25) is 9.48 Å². The van der Waals surface area contributed by atoms with E-state index in [0.29, 0.717) is 6.54 Å². The van der Waals surface area contributed by atoms with Crippen molar-refractivity contribution >= 4 is 5.91 Å². The predicted octanol–water partition coefficient (Wildman–Crippen LogP) is 3.86. The molecule has 1 heterocycles. The van der Waals surface area contributed by atoms with Crippen LogP contribution in [-0.4, -0.2) is 15.7 Å². The Hall–Kier alpha value is -3.14. The van der Waals surface area contributed by atoms with E-state index in [1.165, 1.54) is 11.6 Å². The number of aryl methyl sites for hydroxylation is 2. The summed E-state index contributed by atoms with van der Waals surface area (Å²) < 4.78 is 1.78. The van der Waals surface area contributed by atoms with Gasteiger partial charge in [0.05, 0.1) is 5.69 Å². The average Bonchev–Trinajstić information content (AvgIpc) is 3.06. The number of rotatable bonds is 5. The van der Waals surface area contributed by atoms with Crippen molar-refractivity contribution in [1.82, 2.24) is 15.1 Å². The van der Waals surface area contributed by atoms with Crippen LogP contribution in [0.1, 0.15) is 11.1 Å². The molecule has 3 rings (SSSR count). The highest BCUT2D eigenvalue weighted by atomic mass is 16.1. The highest BCUT2D eigenvalue weighted by Crippen LogP contribution is 2.29. The molecule has 0 aliphatic carbocycles. The van der Waals surface area contributed by atoms with Gasteiger partial charge in [-0.1, -0.05) is 48.5 Å². The summed E-state index contributed by atoms with van der Waals surface area (Å²) in [6.45, 7) is 6.00. The largest absolute Gasteiger partial charge is 0.348 e. The van der Waals surface area contributed by atoms with Crippen molar-refractivity contribution in [1.29, 1.82) is 0 Å². The van der Waals surface area contributed by atoms with E-state index in [1.54, 1.807) is 4.68 Å². The van der Waals surface area contributed by atoms with E-state index in [9.17, 15) is 4.79 Å². The fourth-order valence-corrected chi connectivity index (χ4v) is 2.71. The first-order valence-electron chi connectivity index (χ1n) is 8.17. The zero-order chi connectivity index (χ0) is 17.8. The standard InChI is InChI=1S/C21H21N3O/c1-4-21(25)22-14-18-10-9-17(16-7-5-15(2)6-8-16)13-19(18)20-11-12-24(3)23-20/h4-13H,1,14H2,2-3H3,(H,22,25). The predicted molar refractivity (Wildman–Crippen MR) is 101 cm³/mol. The van der Waals surface area contributed by atoms with E-state index in [2.05, 4.69) is 60.3 Å². The summed E-state index contributed by atoms with van der Waals surface area (Å²) >= 11 is 0. The third-order valence-electron chi connectivity index (χ3n) is 4.12. The Balaban J connectivity index is 2.02. The third kappa shape index (κ3) is 3.86. The normalized spacial score (nSPS) is 10.5. The number of hydrogen-bond acceptors (Lipinski definition) is 2. The first-order chi connectivity index (χ1) is 12.1. The number of nitrogens with one attached hydrogen (secondary N) is 1. The van der Waals surface area contributed by atoms with Crippen LogP contribution in [0.15, 0.2) is 67.4 Å². The minimum Gasteiger partial charge on any atom is -0.348 e. The van der Waals surface area contributed by atoms with Gasteiger partial charge in [-0.25, -0.2) is 0 Å². The summed E-state index contributed by atoms with van der Waals surface area (Å²) in [5.41, 5.74) is 6.44. The zero-order valence-corrected chi connectivity index (χ0v) is 14.5. The van der Waals surface area contributed by atoms with Gasteiger partial charge >= 0.3 is 0 Å². The molecule has 0 saturated heterocycles. The summed E-state index contributed by atoms with van der Waals surface area (Å²) in [6, 6.07) is 16.7. The van der Waals surface area contributed by atoms with Crippen LogP contribution in [0, 0.1) is 6.92 Å². The van der Waals surface area contributed by atoms with Crippen LogP contribution in [0.5, 0.6) is 0 Å². The Bertz CT molecular complexity index is 907. The van der Waals surface area contributed by atoms with Crippen molar-refractivity contribution in [2.45, 2.75) is 13.5 Å². The molecule has 4 heteroatoms. The number of benzene rings is 2. The van der Waals surface area contributed by atoms with Gasteiger partial charge in [0.25, 0.3) is 0 Å². The van der Waals surface area contributed by atoms with Gasteiger partial charge in [0.1, 0.15) is 0 Å². The van der Waals surface area contributed by atoms with Gasteiger partial charge in [0.15, 0.2) is 0 Å². The lowest BCUT2D eigenvalue weighted by Gasteiger charge is -2.11. The van der Waals surface area contributed by atoms with Crippen LogP contribution < -0.4 is 5.32 Å². The lowest BCUT2D eigenvalue weighted by Crippen LogP contribution is -2.20. The van der Waals surface area contributed by atoms with E-state index in [4.69, 9.17) is 0 Å². The minimum atomic E-state index is -0.186. The van der Waals surface area contributed by atoms with Crippen LogP contribution >= 0.6 is 0 Å². The Morgan fingerprint density at radius 2 is 1.88 bits per heavy atom. The number of carbonyl (C=O) groups is 1. The van der Waals surface area contributed by atoms with Gasteiger partial charge in [0, 0.05) is 25.4 Å². The fraction of sp³-hybridized carbons (Fsp3) is 0.143. The lowest BCUT2D eigenvalue weighted by atomic mass is 9.97. The van der Waals surface area contributed by atoms with Crippen LogP contribution in [0.25, 0.3) is 22.4 Å². The number of aromatic nitrogens is 2. The second-order valence-corrected chi connectivity index (χ2v) is 6.03. The monoisotopic (exact) mass is 331 g/mol. The lowest BCUT2D eigenvalue weighted by molar-refractivity contribution is -0.116. The molecule has 0 bridgehead atoms. The highest BCUT2D eigenvalue weighted by Gasteiger charge is 2.11. The summed E-state index contributed by atoms with van der Waals surface area (Å²) in [5.74, 6) is -0.186. The highest BCUT2D eigenvalue weighted by molar-refractivity contribution is 5.87. The Morgan fingerprint density at radius 3 is 2.52 bits per heavy atom. The first-order valence-corrected chi connectivity index (χ1v) is 8.17. The van der Waals surface area contributed by atoms with E-state index >= 15 is 0 Å². The maximum atomic E-state index is 11.5. The molecule has 3 aromatic rings. The molecule has 2 aromatic carbocycles. The fourth-order valence-electron chi connectivity index (χ4n) is 2.71. The first kappa shape index (κ1) is 16.7. The number of nitrogens with zero attached hydrogens (tertiary/aromatic N) is 2. The molecular formula is C21H21N3O. The third-order valence-corrected chi connectivity index (χ3v) is 4.12. The van der Waals surface area contributed by atoms with Crippen molar-refractivity contribution in [3.8, 4) is 22.4 Å². The van der Waals surface area contributed by atoms with Crippen LogP contribution in [0.3, 0.4) is 0 Å². The maximum absolute atomic E-state index is 11.5. The molecule has 0 spiro atoms. The van der Waals surface area contributed by atoms with Crippen LogP contribution in [0.4, 0.5) is 0 Å². The maximum Gasteiger partial charge on any atom is 0.243 e. The molecule has 0 aliphatic heterocycles. The molecule has 0 fully saturated rings. The number of amides is 1. The van der Waals surface area contributed by atoms with Crippen LogP contribution in [-0.2, 0) is 18.4 Å². The van der Waals surface area contributed by atoms with Crippen molar-refractivity contribution in [2.75, 3.05) is 0 Å². The molecular weight excluding hydrogens is 310 g/mol. The van der Waals surface area contributed by atoms with E-state index in [-0.39, 0.29) is 5.91 Å².